The van der Waals surface area contributed by atoms with Gasteiger partial charge in [-0.1, -0.05) is 6.58 Å². The van der Waals surface area contributed by atoms with Gasteiger partial charge in [-0.15, -0.1) is 0 Å². The number of hydrogen-bond acceptors (Lipinski definition) is 3. The fourth-order valence-electron chi connectivity index (χ4n) is 1.76. The van der Waals surface area contributed by atoms with Crippen LogP contribution in [0.2, 0.25) is 0 Å². The number of carboxylic acid groups (broad SMARTS) is 1. The third-order valence-corrected chi connectivity index (χ3v) is 2.73. The first-order valence-corrected chi connectivity index (χ1v) is 5.48. The zero-order valence-electron chi connectivity index (χ0n) is 9.32. The molecule has 0 aliphatic carbocycles. The Bertz CT molecular complexity index is 296. The number of carboxylic acids is 1. The maximum absolute atomic E-state index is 11.8. The van der Waals surface area contributed by atoms with Crippen LogP contribution in [0.25, 0.3) is 0 Å². The number of carbonyl (C=O) groups is 2. The quantitative estimate of drug-likeness (QED) is 0.678. The van der Waals surface area contributed by atoms with Crippen LogP contribution in [-0.4, -0.2) is 41.0 Å². The molecule has 90 valence electrons. The van der Waals surface area contributed by atoms with Gasteiger partial charge in [-0.05, 0) is 19.3 Å². The number of rotatable bonds is 4. The van der Waals surface area contributed by atoms with Crippen LogP contribution in [0.4, 0.5) is 0 Å². The molecule has 0 bridgehead atoms. The van der Waals surface area contributed by atoms with Gasteiger partial charge < -0.3 is 15.7 Å². The Labute approximate surface area is 94.9 Å². The van der Waals surface area contributed by atoms with Crippen LogP contribution in [0.15, 0.2) is 12.2 Å². The molecule has 1 aliphatic heterocycles. The summed E-state index contributed by atoms with van der Waals surface area (Å²) in [6, 6.07) is -1.04. The first kappa shape index (κ1) is 12.7. The molecule has 1 amide bonds. The van der Waals surface area contributed by atoms with Gasteiger partial charge in [0.25, 0.3) is 0 Å². The van der Waals surface area contributed by atoms with Crippen molar-refractivity contribution in [3.05, 3.63) is 12.2 Å². The Morgan fingerprint density at radius 2 is 1.88 bits per heavy atom. The normalized spacial score (nSPS) is 17.9. The molecule has 0 aromatic heterocycles. The molecule has 1 saturated heterocycles. The number of nitrogens with zero attached hydrogens (tertiary/aromatic N) is 1. The lowest BCUT2D eigenvalue weighted by Gasteiger charge is -2.27. The second-order valence-corrected chi connectivity index (χ2v) is 4.11. The molecule has 0 aromatic carbocycles. The Morgan fingerprint density at radius 1 is 1.31 bits per heavy atom. The molecule has 0 spiro atoms. The fraction of sp³-hybridized carbons (Fsp3) is 0.636. The van der Waals surface area contributed by atoms with Gasteiger partial charge in [-0.25, -0.2) is 0 Å². The molecule has 5 nitrogen and oxygen atoms in total. The van der Waals surface area contributed by atoms with E-state index >= 15 is 0 Å². The van der Waals surface area contributed by atoms with E-state index in [4.69, 9.17) is 10.8 Å². The predicted octanol–water partition coefficient (Wildman–Crippen LogP) is 0.357. The molecule has 3 N–H and O–H groups in total. The number of carbonyl (C=O) groups excluding carboxylic acids is 1. The Balaban J connectivity index is 2.46. The number of hydrogen-bond donors (Lipinski definition) is 2. The van der Waals surface area contributed by atoms with E-state index in [1.54, 1.807) is 4.90 Å². The molecule has 0 radical (unpaired) electrons. The van der Waals surface area contributed by atoms with Crippen LogP contribution in [0, 0.1) is 0 Å². The second-order valence-electron chi connectivity index (χ2n) is 4.11. The van der Waals surface area contributed by atoms with Crippen molar-refractivity contribution in [2.45, 2.75) is 31.7 Å². The molecule has 0 saturated carbocycles. The number of nitrogens with two attached hydrogens (primary N) is 1. The van der Waals surface area contributed by atoms with Gasteiger partial charge in [0.05, 0.1) is 0 Å². The third kappa shape index (κ3) is 3.34. The summed E-state index contributed by atoms with van der Waals surface area (Å²) in [5.41, 5.74) is 5.64. The molecule has 1 rings (SSSR count). The Hall–Kier alpha value is -1.36. The van der Waals surface area contributed by atoms with Crippen LogP contribution in [0.3, 0.4) is 0 Å². The smallest absolute Gasteiger partial charge is 0.320 e. The highest BCUT2D eigenvalue weighted by Gasteiger charge is 2.22. The third-order valence-electron chi connectivity index (χ3n) is 2.73. The standard InChI is InChI=1S/C11H18N2O3/c1-8(7-9(12)11(15)16)10(14)13-5-3-2-4-6-13/h9H,1-7,12H2,(H,15,16)/t9-/m0/s1. The van der Waals surface area contributed by atoms with Gasteiger partial charge in [0.15, 0.2) is 0 Å². The number of piperidine rings is 1. The highest BCUT2D eigenvalue weighted by atomic mass is 16.4. The van der Waals surface area contributed by atoms with E-state index in [1.807, 2.05) is 0 Å². The average molecular weight is 226 g/mol. The van der Waals surface area contributed by atoms with Gasteiger partial charge in [0, 0.05) is 25.1 Å². The number of likely N-dealkylation sites (tertiary alicyclic amines) is 1. The molecule has 1 aliphatic rings. The van der Waals surface area contributed by atoms with E-state index in [1.165, 1.54) is 0 Å². The molecular formula is C11H18N2O3. The summed E-state index contributed by atoms with van der Waals surface area (Å²) in [7, 11) is 0. The van der Waals surface area contributed by atoms with Crippen LogP contribution in [0.1, 0.15) is 25.7 Å². The van der Waals surface area contributed by atoms with Crippen molar-refractivity contribution in [2.75, 3.05) is 13.1 Å². The molecular weight excluding hydrogens is 208 g/mol. The molecule has 5 heteroatoms. The summed E-state index contributed by atoms with van der Waals surface area (Å²) in [6.07, 6.45) is 3.17. The van der Waals surface area contributed by atoms with E-state index in [-0.39, 0.29) is 17.9 Å². The molecule has 1 atom stereocenters. The van der Waals surface area contributed by atoms with Gasteiger partial charge in [-0.3, -0.25) is 9.59 Å². The minimum absolute atomic E-state index is 0.0185. The topological polar surface area (TPSA) is 83.6 Å². The SMILES string of the molecule is C=C(C[C@H](N)C(=O)O)C(=O)N1CCCCC1. The molecule has 0 unspecified atom stereocenters. The van der Waals surface area contributed by atoms with Crippen LogP contribution in [0.5, 0.6) is 0 Å². The monoisotopic (exact) mass is 226 g/mol. The molecule has 0 aromatic rings. The van der Waals surface area contributed by atoms with Crippen molar-refractivity contribution in [3.8, 4) is 0 Å². The minimum Gasteiger partial charge on any atom is -0.480 e. The van der Waals surface area contributed by atoms with E-state index in [2.05, 4.69) is 6.58 Å². The van der Waals surface area contributed by atoms with Crippen LogP contribution >= 0.6 is 0 Å². The predicted molar refractivity (Wildman–Crippen MR) is 59.8 cm³/mol. The first-order chi connectivity index (χ1) is 7.52. The van der Waals surface area contributed by atoms with Crippen molar-refractivity contribution >= 4 is 11.9 Å². The van der Waals surface area contributed by atoms with Crippen molar-refractivity contribution < 1.29 is 14.7 Å². The van der Waals surface area contributed by atoms with Crippen molar-refractivity contribution in [1.82, 2.24) is 4.90 Å². The van der Waals surface area contributed by atoms with Crippen LogP contribution in [-0.2, 0) is 9.59 Å². The van der Waals surface area contributed by atoms with E-state index in [0.29, 0.717) is 0 Å². The highest BCUT2D eigenvalue weighted by Crippen LogP contribution is 2.13. The van der Waals surface area contributed by atoms with Gasteiger partial charge in [0.2, 0.25) is 5.91 Å². The van der Waals surface area contributed by atoms with E-state index in [9.17, 15) is 9.59 Å². The average Bonchev–Trinajstić information content (AvgIpc) is 2.28. The first-order valence-electron chi connectivity index (χ1n) is 5.48. The number of amides is 1. The van der Waals surface area contributed by atoms with Crippen molar-refractivity contribution in [3.63, 3.8) is 0 Å². The second kappa shape index (κ2) is 5.65. The summed E-state index contributed by atoms with van der Waals surface area (Å²) < 4.78 is 0. The fourth-order valence-corrected chi connectivity index (χ4v) is 1.76. The van der Waals surface area contributed by atoms with Crippen molar-refractivity contribution in [1.29, 1.82) is 0 Å². The van der Waals surface area contributed by atoms with Gasteiger partial charge in [-0.2, -0.15) is 0 Å². The minimum atomic E-state index is -1.10. The summed E-state index contributed by atoms with van der Waals surface area (Å²) in [5, 5.41) is 8.63. The number of aliphatic carboxylic acids is 1. The van der Waals surface area contributed by atoms with E-state index < -0.39 is 12.0 Å². The maximum atomic E-state index is 11.8. The largest absolute Gasteiger partial charge is 0.480 e. The molecule has 1 fully saturated rings. The van der Waals surface area contributed by atoms with Gasteiger partial charge >= 0.3 is 5.97 Å². The molecule has 1 heterocycles. The highest BCUT2D eigenvalue weighted by molar-refractivity contribution is 5.93. The van der Waals surface area contributed by atoms with Crippen molar-refractivity contribution in [2.24, 2.45) is 5.73 Å². The lowest BCUT2D eigenvalue weighted by Crippen LogP contribution is -2.38. The zero-order chi connectivity index (χ0) is 12.1. The lowest BCUT2D eigenvalue weighted by molar-refractivity contribution is -0.138. The summed E-state index contributed by atoms with van der Waals surface area (Å²) in [5.74, 6) is -1.26. The van der Waals surface area contributed by atoms with Gasteiger partial charge in [0.1, 0.15) is 6.04 Å². The summed E-state index contributed by atoms with van der Waals surface area (Å²) >= 11 is 0. The maximum Gasteiger partial charge on any atom is 0.320 e. The Morgan fingerprint density at radius 3 is 2.38 bits per heavy atom. The molecule has 16 heavy (non-hydrogen) atoms. The zero-order valence-corrected chi connectivity index (χ0v) is 9.32. The Kier molecular flexibility index (Phi) is 4.49. The summed E-state index contributed by atoms with van der Waals surface area (Å²) in [4.78, 5) is 24.1. The summed E-state index contributed by atoms with van der Waals surface area (Å²) in [6.45, 7) is 5.09. The lowest BCUT2D eigenvalue weighted by atomic mass is 10.1. The van der Waals surface area contributed by atoms with E-state index in [0.717, 1.165) is 32.4 Å². The van der Waals surface area contributed by atoms with Crippen LogP contribution < -0.4 is 5.73 Å².